The van der Waals surface area contributed by atoms with Crippen LogP contribution in [0, 0.1) is 0 Å². The number of carbonyl (C=O) groups excluding carboxylic acids is 1. The molecule has 0 radical (unpaired) electrons. The molecule has 1 aromatic rings. The van der Waals surface area contributed by atoms with Crippen LogP contribution in [0.15, 0.2) is 11.4 Å². The zero-order valence-electron chi connectivity index (χ0n) is 9.02. The zero-order valence-corrected chi connectivity index (χ0v) is 10.7. The van der Waals surface area contributed by atoms with E-state index in [1.54, 1.807) is 18.4 Å². The molecule has 1 aromatic heterocycles. The van der Waals surface area contributed by atoms with Crippen molar-refractivity contribution in [1.82, 2.24) is 4.72 Å². The van der Waals surface area contributed by atoms with Gasteiger partial charge in [0.15, 0.2) is 0 Å². The molecule has 7 heteroatoms. The normalized spacial score (nSPS) is 11.1. The van der Waals surface area contributed by atoms with Crippen LogP contribution >= 0.6 is 11.3 Å². The van der Waals surface area contributed by atoms with Crippen molar-refractivity contribution in [3.8, 4) is 5.75 Å². The lowest BCUT2D eigenvalue weighted by molar-refractivity contribution is 0.0982. The predicted molar refractivity (Wildman–Crippen MR) is 62.4 cm³/mol. The van der Waals surface area contributed by atoms with Gasteiger partial charge in [0, 0.05) is 0 Å². The summed E-state index contributed by atoms with van der Waals surface area (Å²) < 4.78 is 29.6. The van der Waals surface area contributed by atoms with Crippen molar-refractivity contribution in [2.75, 3.05) is 12.4 Å². The Kier molecular flexibility index (Phi) is 4.31. The fraction of sp³-hybridized carbons (Fsp3) is 0.444. The van der Waals surface area contributed by atoms with E-state index in [0.29, 0.717) is 12.4 Å². The molecule has 0 aliphatic heterocycles. The molecule has 1 N–H and O–H groups in total. The minimum absolute atomic E-state index is 0.131. The average Bonchev–Trinajstić information content (AvgIpc) is 2.66. The summed E-state index contributed by atoms with van der Waals surface area (Å²) in [6.45, 7) is 3.69. The van der Waals surface area contributed by atoms with E-state index in [4.69, 9.17) is 4.74 Å². The summed E-state index contributed by atoms with van der Waals surface area (Å²) in [5, 5.41) is 1.68. The Morgan fingerprint density at radius 2 is 2.19 bits per heavy atom. The van der Waals surface area contributed by atoms with Gasteiger partial charge in [-0.1, -0.05) is 0 Å². The van der Waals surface area contributed by atoms with Gasteiger partial charge in [-0.2, -0.15) is 0 Å². The van der Waals surface area contributed by atoms with Crippen LogP contribution in [0.4, 0.5) is 0 Å². The highest BCUT2D eigenvalue weighted by atomic mass is 32.2. The second-order valence-corrected chi connectivity index (χ2v) is 5.81. The largest absolute Gasteiger partial charge is 0.492 e. The van der Waals surface area contributed by atoms with Crippen LogP contribution in [0.2, 0.25) is 0 Å². The van der Waals surface area contributed by atoms with Crippen LogP contribution in [-0.4, -0.2) is 26.7 Å². The Morgan fingerprint density at radius 1 is 1.50 bits per heavy atom. The lowest BCUT2D eigenvalue weighted by Crippen LogP contribution is -2.31. The molecule has 90 valence electrons. The highest BCUT2D eigenvalue weighted by Crippen LogP contribution is 2.24. The summed E-state index contributed by atoms with van der Waals surface area (Å²) >= 11 is 1.15. The molecule has 0 aliphatic rings. The summed E-state index contributed by atoms with van der Waals surface area (Å²) in [6, 6.07) is 1.64. The van der Waals surface area contributed by atoms with Gasteiger partial charge in [-0.15, -0.1) is 11.3 Å². The molecule has 0 fully saturated rings. The van der Waals surface area contributed by atoms with Crippen molar-refractivity contribution in [2.24, 2.45) is 0 Å². The van der Waals surface area contributed by atoms with E-state index in [9.17, 15) is 13.2 Å². The van der Waals surface area contributed by atoms with Gasteiger partial charge in [0.2, 0.25) is 10.0 Å². The first-order chi connectivity index (χ1) is 7.50. The maximum atomic E-state index is 11.6. The average molecular weight is 263 g/mol. The summed E-state index contributed by atoms with van der Waals surface area (Å²) in [4.78, 5) is 11.9. The van der Waals surface area contributed by atoms with Crippen molar-refractivity contribution in [3.63, 3.8) is 0 Å². The molecular formula is C9H13NO4S2. The van der Waals surface area contributed by atoms with Gasteiger partial charge in [-0.25, -0.2) is 13.1 Å². The topological polar surface area (TPSA) is 72.5 Å². The fourth-order valence-corrected chi connectivity index (χ4v) is 2.31. The molecule has 0 aromatic carbocycles. The second-order valence-electron chi connectivity index (χ2n) is 2.88. The molecule has 0 bridgehead atoms. The Labute approximate surface area is 98.5 Å². The van der Waals surface area contributed by atoms with E-state index in [1.165, 1.54) is 6.92 Å². The third-order valence-electron chi connectivity index (χ3n) is 1.76. The van der Waals surface area contributed by atoms with E-state index < -0.39 is 15.9 Å². The van der Waals surface area contributed by atoms with Crippen LogP contribution < -0.4 is 9.46 Å². The van der Waals surface area contributed by atoms with Gasteiger partial charge < -0.3 is 4.74 Å². The Bertz CT molecular complexity index is 464. The van der Waals surface area contributed by atoms with E-state index >= 15 is 0 Å². The first kappa shape index (κ1) is 13.0. The number of sulfonamides is 1. The van der Waals surface area contributed by atoms with Crippen LogP contribution in [-0.2, 0) is 10.0 Å². The lowest BCUT2D eigenvalue weighted by Gasteiger charge is -2.05. The third-order valence-corrected chi connectivity index (χ3v) is 3.91. The first-order valence-corrected chi connectivity index (χ1v) is 7.28. The molecule has 0 aliphatic carbocycles. The predicted octanol–water partition coefficient (Wildman–Crippen LogP) is 1.23. The minimum atomic E-state index is -3.52. The fourth-order valence-electron chi connectivity index (χ4n) is 0.992. The molecule has 0 unspecified atom stereocenters. The molecule has 0 saturated heterocycles. The van der Waals surface area contributed by atoms with E-state index in [1.807, 2.05) is 4.72 Å². The number of amides is 1. The zero-order chi connectivity index (χ0) is 12.2. The van der Waals surface area contributed by atoms with Gasteiger partial charge >= 0.3 is 0 Å². The van der Waals surface area contributed by atoms with Gasteiger partial charge in [0.05, 0.1) is 12.4 Å². The molecule has 0 spiro atoms. The molecule has 1 amide bonds. The van der Waals surface area contributed by atoms with Gasteiger partial charge in [0.25, 0.3) is 5.91 Å². The molecule has 1 rings (SSSR count). The van der Waals surface area contributed by atoms with E-state index in [-0.39, 0.29) is 10.6 Å². The smallest absolute Gasteiger partial charge is 0.278 e. The van der Waals surface area contributed by atoms with Crippen LogP contribution in [0.5, 0.6) is 5.75 Å². The van der Waals surface area contributed by atoms with Gasteiger partial charge in [0.1, 0.15) is 10.6 Å². The van der Waals surface area contributed by atoms with Crippen molar-refractivity contribution in [1.29, 1.82) is 0 Å². The van der Waals surface area contributed by atoms with E-state index in [2.05, 4.69) is 0 Å². The number of ether oxygens (including phenoxy) is 1. The number of hydrogen-bond donors (Lipinski definition) is 1. The molecule has 16 heavy (non-hydrogen) atoms. The quantitative estimate of drug-likeness (QED) is 0.867. The highest BCUT2D eigenvalue weighted by Gasteiger charge is 2.18. The lowest BCUT2D eigenvalue weighted by atomic mass is 10.4. The van der Waals surface area contributed by atoms with Crippen molar-refractivity contribution < 1.29 is 17.9 Å². The van der Waals surface area contributed by atoms with Crippen molar-refractivity contribution in [3.05, 3.63) is 16.3 Å². The monoisotopic (exact) mass is 263 g/mol. The summed E-state index contributed by atoms with van der Waals surface area (Å²) in [5.74, 6) is -0.356. The number of nitrogens with one attached hydrogen (secondary N) is 1. The second kappa shape index (κ2) is 5.31. The Balaban J connectivity index is 2.85. The first-order valence-electron chi connectivity index (χ1n) is 4.75. The number of rotatable bonds is 5. The highest BCUT2D eigenvalue weighted by molar-refractivity contribution is 7.90. The standard InChI is InChI=1S/C9H13NO4S2/c1-3-14-7-5-6-15-8(7)9(11)10-16(12,13)4-2/h5-6H,3-4H2,1-2H3,(H,10,11). The molecule has 1 heterocycles. The van der Waals surface area contributed by atoms with Gasteiger partial charge in [-0.3, -0.25) is 4.79 Å². The number of thiophene rings is 1. The minimum Gasteiger partial charge on any atom is -0.492 e. The van der Waals surface area contributed by atoms with Gasteiger partial charge in [-0.05, 0) is 25.3 Å². The Morgan fingerprint density at radius 3 is 2.75 bits per heavy atom. The van der Waals surface area contributed by atoms with Crippen LogP contribution in [0.1, 0.15) is 23.5 Å². The number of hydrogen-bond acceptors (Lipinski definition) is 5. The van der Waals surface area contributed by atoms with Crippen LogP contribution in [0.25, 0.3) is 0 Å². The Hall–Kier alpha value is -1.08. The third kappa shape index (κ3) is 3.21. The molecule has 0 saturated carbocycles. The summed E-state index contributed by atoms with van der Waals surface area (Å²) in [5.41, 5.74) is 0. The molecule has 5 nitrogen and oxygen atoms in total. The molecular weight excluding hydrogens is 250 g/mol. The summed E-state index contributed by atoms with van der Waals surface area (Å²) in [7, 11) is -3.52. The van der Waals surface area contributed by atoms with Crippen molar-refractivity contribution in [2.45, 2.75) is 13.8 Å². The maximum Gasteiger partial charge on any atom is 0.278 e. The van der Waals surface area contributed by atoms with E-state index in [0.717, 1.165) is 11.3 Å². The molecule has 0 atom stereocenters. The van der Waals surface area contributed by atoms with Crippen molar-refractivity contribution >= 4 is 27.3 Å². The SMILES string of the molecule is CCOc1ccsc1C(=O)NS(=O)(=O)CC. The maximum absolute atomic E-state index is 11.6. The number of carbonyl (C=O) groups is 1. The van der Waals surface area contributed by atoms with Crippen LogP contribution in [0.3, 0.4) is 0 Å². The summed E-state index contributed by atoms with van der Waals surface area (Å²) in [6.07, 6.45) is 0.